The molecule has 0 spiro atoms. The van der Waals surface area contributed by atoms with E-state index >= 15 is 0 Å². The Morgan fingerprint density at radius 2 is 1.33 bits per heavy atom. The molecule has 1 fully saturated rings. The molecule has 7 atom stereocenters. The Kier molecular flexibility index (Phi) is 8.28. The first-order valence-corrected chi connectivity index (χ1v) is 14.2. The number of aromatic hydroxyl groups is 4. The van der Waals surface area contributed by atoms with Gasteiger partial charge in [-0.2, -0.15) is 0 Å². The highest BCUT2D eigenvalue weighted by Crippen LogP contribution is 2.54. The van der Waals surface area contributed by atoms with Gasteiger partial charge in [-0.05, 0) is 70.8 Å². The minimum Gasteiger partial charge on any atom is -0.508 e. The van der Waals surface area contributed by atoms with Crippen molar-refractivity contribution in [2.75, 3.05) is 6.61 Å². The van der Waals surface area contributed by atoms with Gasteiger partial charge in [0.25, 0.3) is 0 Å². The van der Waals surface area contributed by atoms with Gasteiger partial charge in [0.1, 0.15) is 65.0 Å². The molecule has 2 aliphatic heterocycles. The Bertz CT molecular complexity index is 1660. The molecule has 4 aromatic rings. The van der Waals surface area contributed by atoms with Crippen molar-refractivity contribution in [1.82, 2.24) is 0 Å². The molecule has 2 heterocycles. The standard InChI is InChI=1S/C34H32O11/c35-16-27-30(40)31(41)32(42)34(45-27)43-24-9-5-19(6-10-24)33-28(20-13-22(37)15-23(38)14-20)29-25(39)11-18(12-26(29)44-33)2-1-17-3-7-21(36)8-4-17/h1-15,27-28,30-42H,16H2/b2-1+/t27-,28+,30-,31+,32-,33-,34-/m1/s1. The summed E-state index contributed by atoms with van der Waals surface area (Å²) in [6, 6.07) is 20.8. The van der Waals surface area contributed by atoms with E-state index in [2.05, 4.69) is 0 Å². The highest BCUT2D eigenvalue weighted by atomic mass is 16.7. The van der Waals surface area contributed by atoms with Crippen LogP contribution in [0.3, 0.4) is 0 Å². The van der Waals surface area contributed by atoms with Crippen molar-refractivity contribution in [3.05, 3.63) is 107 Å². The van der Waals surface area contributed by atoms with Crippen LogP contribution in [0, 0.1) is 0 Å². The van der Waals surface area contributed by atoms with Gasteiger partial charge in [-0.25, -0.2) is 0 Å². The number of rotatable bonds is 7. The van der Waals surface area contributed by atoms with Gasteiger partial charge in [-0.15, -0.1) is 0 Å². The summed E-state index contributed by atoms with van der Waals surface area (Å²) in [6.07, 6.45) is -4.23. The van der Waals surface area contributed by atoms with E-state index in [-0.39, 0.29) is 28.7 Å². The number of aliphatic hydroxyl groups is 4. The average molecular weight is 617 g/mol. The highest BCUT2D eigenvalue weighted by molar-refractivity contribution is 5.73. The third-order valence-electron chi connectivity index (χ3n) is 7.96. The molecule has 1 saturated heterocycles. The molecule has 4 aromatic carbocycles. The number of aliphatic hydroxyl groups excluding tert-OH is 4. The maximum absolute atomic E-state index is 11.2. The summed E-state index contributed by atoms with van der Waals surface area (Å²) in [5.41, 5.74) is 3.11. The number of fused-ring (bicyclic) bond motifs is 1. The van der Waals surface area contributed by atoms with Gasteiger partial charge in [0.05, 0.1) is 12.5 Å². The van der Waals surface area contributed by atoms with Crippen LogP contribution >= 0.6 is 0 Å². The number of hydrogen-bond donors (Lipinski definition) is 8. The molecule has 11 nitrogen and oxygen atoms in total. The van der Waals surface area contributed by atoms with E-state index in [0.29, 0.717) is 28.0 Å². The second-order valence-electron chi connectivity index (χ2n) is 11.1. The Morgan fingerprint density at radius 1 is 0.667 bits per heavy atom. The first-order valence-electron chi connectivity index (χ1n) is 14.2. The molecule has 0 saturated carbocycles. The molecule has 45 heavy (non-hydrogen) atoms. The van der Waals surface area contributed by atoms with Gasteiger partial charge in [0.2, 0.25) is 6.29 Å². The van der Waals surface area contributed by atoms with E-state index in [9.17, 15) is 40.9 Å². The van der Waals surface area contributed by atoms with Crippen LogP contribution in [0.5, 0.6) is 34.5 Å². The number of ether oxygens (including phenoxy) is 3. The predicted molar refractivity (Wildman–Crippen MR) is 161 cm³/mol. The molecule has 0 unspecified atom stereocenters. The minimum atomic E-state index is -1.58. The van der Waals surface area contributed by atoms with Crippen molar-refractivity contribution in [2.45, 2.75) is 42.7 Å². The fourth-order valence-electron chi connectivity index (χ4n) is 5.71. The summed E-state index contributed by atoms with van der Waals surface area (Å²) in [7, 11) is 0. The lowest BCUT2D eigenvalue weighted by Gasteiger charge is -2.39. The van der Waals surface area contributed by atoms with Crippen molar-refractivity contribution in [3.8, 4) is 34.5 Å². The number of phenols is 4. The van der Waals surface area contributed by atoms with E-state index in [1.807, 2.05) is 6.08 Å². The first-order chi connectivity index (χ1) is 21.6. The summed E-state index contributed by atoms with van der Waals surface area (Å²) in [6.45, 7) is -0.587. The second kappa shape index (κ2) is 12.3. The lowest BCUT2D eigenvalue weighted by Crippen LogP contribution is -2.60. The lowest BCUT2D eigenvalue weighted by atomic mass is 9.84. The Morgan fingerprint density at radius 3 is 2.00 bits per heavy atom. The third-order valence-corrected chi connectivity index (χ3v) is 7.96. The third kappa shape index (κ3) is 6.12. The van der Waals surface area contributed by atoms with Gasteiger partial charge in [0, 0.05) is 11.6 Å². The van der Waals surface area contributed by atoms with Crippen molar-refractivity contribution in [1.29, 1.82) is 0 Å². The smallest absolute Gasteiger partial charge is 0.229 e. The normalized spacial score (nSPS) is 26.0. The van der Waals surface area contributed by atoms with E-state index < -0.39 is 49.3 Å². The molecule has 6 rings (SSSR count). The highest BCUT2D eigenvalue weighted by Gasteiger charge is 2.45. The molecule has 0 amide bonds. The molecule has 234 valence electrons. The van der Waals surface area contributed by atoms with Crippen molar-refractivity contribution in [3.63, 3.8) is 0 Å². The molecule has 11 heteroatoms. The van der Waals surface area contributed by atoms with Crippen molar-refractivity contribution >= 4 is 12.2 Å². The van der Waals surface area contributed by atoms with Gasteiger partial charge in [-0.3, -0.25) is 0 Å². The molecule has 2 aliphatic rings. The largest absolute Gasteiger partial charge is 0.508 e. The second-order valence-corrected chi connectivity index (χ2v) is 11.1. The summed E-state index contributed by atoms with van der Waals surface area (Å²) < 4.78 is 17.6. The van der Waals surface area contributed by atoms with Crippen LogP contribution in [0.15, 0.2) is 78.9 Å². The fraction of sp³-hybridized carbons (Fsp3) is 0.235. The van der Waals surface area contributed by atoms with Crippen LogP contribution in [0.1, 0.15) is 39.8 Å². The van der Waals surface area contributed by atoms with Gasteiger partial charge < -0.3 is 55.1 Å². The minimum absolute atomic E-state index is 0.0456. The van der Waals surface area contributed by atoms with Crippen LogP contribution in [-0.4, -0.2) is 78.2 Å². The zero-order valence-electron chi connectivity index (χ0n) is 23.7. The number of phenolic OH excluding ortho intramolecular Hbond substituents is 4. The molecule has 0 aromatic heterocycles. The van der Waals surface area contributed by atoms with Crippen molar-refractivity contribution < 1.29 is 55.1 Å². The maximum atomic E-state index is 11.2. The van der Waals surface area contributed by atoms with E-state index in [4.69, 9.17) is 14.2 Å². The molecule has 0 radical (unpaired) electrons. The van der Waals surface area contributed by atoms with E-state index in [0.717, 1.165) is 5.56 Å². The van der Waals surface area contributed by atoms with Crippen LogP contribution in [-0.2, 0) is 4.74 Å². The number of benzene rings is 4. The SMILES string of the molecule is OC[C@H]1O[C@@H](Oc2ccc([C@H]3Oc4cc(/C=C/c5ccc(O)cc5)cc(O)c4[C@@H]3c3cc(O)cc(O)c3)cc2)[C@H](O)[C@@H](O)[C@@H]1O. The Balaban J connectivity index is 1.30. The quantitative estimate of drug-likeness (QED) is 0.142. The fourth-order valence-corrected chi connectivity index (χ4v) is 5.71. The number of hydrogen-bond acceptors (Lipinski definition) is 11. The average Bonchev–Trinajstić information content (AvgIpc) is 3.41. The van der Waals surface area contributed by atoms with E-state index in [1.54, 1.807) is 66.7 Å². The molecular formula is C34H32O11. The summed E-state index contributed by atoms with van der Waals surface area (Å²) >= 11 is 0. The Hall–Kier alpha value is -4.78. The predicted octanol–water partition coefficient (Wildman–Crippen LogP) is 3.12. The Labute approximate surface area is 257 Å². The molecule has 0 bridgehead atoms. The summed E-state index contributed by atoms with van der Waals surface area (Å²) in [4.78, 5) is 0. The summed E-state index contributed by atoms with van der Waals surface area (Å²) in [5, 5.41) is 81.2. The monoisotopic (exact) mass is 616 g/mol. The van der Waals surface area contributed by atoms with Crippen molar-refractivity contribution in [2.24, 2.45) is 0 Å². The maximum Gasteiger partial charge on any atom is 0.229 e. The topological polar surface area (TPSA) is 190 Å². The van der Waals surface area contributed by atoms with Crippen LogP contribution in [0.4, 0.5) is 0 Å². The van der Waals surface area contributed by atoms with Crippen LogP contribution in [0.25, 0.3) is 12.2 Å². The van der Waals surface area contributed by atoms with Gasteiger partial charge >= 0.3 is 0 Å². The zero-order valence-corrected chi connectivity index (χ0v) is 23.7. The van der Waals surface area contributed by atoms with Crippen LogP contribution < -0.4 is 9.47 Å². The molecular weight excluding hydrogens is 584 g/mol. The zero-order chi connectivity index (χ0) is 31.8. The van der Waals surface area contributed by atoms with E-state index in [1.165, 1.54) is 18.2 Å². The molecule has 8 N–H and O–H groups in total. The lowest BCUT2D eigenvalue weighted by molar-refractivity contribution is -0.277. The van der Waals surface area contributed by atoms with Crippen LogP contribution in [0.2, 0.25) is 0 Å². The van der Waals surface area contributed by atoms with Gasteiger partial charge in [0.15, 0.2) is 0 Å². The summed E-state index contributed by atoms with van der Waals surface area (Å²) in [5.74, 6) is -0.184. The first kappa shape index (κ1) is 30.3. The molecule has 0 aliphatic carbocycles. The van der Waals surface area contributed by atoms with Gasteiger partial charge in [-0.1, -0.05) is 36.4 Å².